The number of rotatable bonds is 3. The summed E-state index contributed by atoms with van der Waals surface area (Å²) >= 11 is 0. The van der Waals surface area contributed by atoms with E-state index in [9.17, 15) is 18.0 Å². The number of methoxy groups -OCH3 is 1. The molecule has 7 heteroatoms. The van der Waals surface area contributed by atoms with E-state index in [1.54, 1.807) is 0 Å². The van der Waals surface area contributed by atoms with Crippen LogP contribution in [0.15, 0.2) is 18.3 Å². The van der Waals surface area contributed by atoms with Gasteiger partial charge in [0.1, 0.15) is 12.4 Å². The summed E-state index contributed by atoms with van der Waals surface area (Å²) in [6.45, 7) is -1.13. The van der Waals surface area contributed by atoms with Crippen molar-refractivity contribution < 1.29 is 22.7 Å². The van der Waals surface area contributed by atoms with Gasteiger partial charge in [0.25, 0.3) is 0 Å². The Hall–Kier alpha value is -1.79. The van der Waals surface area contributed by atoms with E-state index in [0.29, 0.717) is 0 Å². The Morgan fingerprint density at radius 3 is 2.71 bits per heavy atom. The van der Waals surface area contributed by atoms with Crippen molar-refractivity contribution in [2.24, 2.45) is 0 Å². The van der Waals surface area contributed by atoms with Gasteiger partial charge in [-0.2, -0.15) is 13.2 Å². The molecule has 1 heterocycles. The Kier molecular flexibility index (Phi) is 3.93. The first kappa shape index (κ1) is 13.3. The minimum absolute atomic E-state index is 0.0604. The SMILES string of the molecule is COC(=O)c1ccnc(N(C)CC(F)(F)F)c1. The third kappa shape index (κ3) is 3.93. The number of pyridine rings is 1. The highest BCUT2D eigenvalue weighted by Crippen LogP contribution is 2.19. The van der Waals surface area contributed by atoms with Crippen molar-refractivity contribution in [1.82, 2.24) is 4.98 Å². The Bertz CT molecular complexity index is 407. The number of carbonyl (C=O) groups is 1. The summed E-state index contributed by atoms with van der Waals surface area (Å²) in [6.07, 6.45) is -3.06. The van der Waals surface area contributed by atoms with E-state index in [0.717, 1.165) is 4.90 Å². The normalized spacial score (nSPS) is 11.1. The summed E-state index contributed by atoms with van der Waals surface area (Å²) in [5, 5.41) is 0. The van der Waals surface area contributed by atoms with Gasteiger partial charge in [-0.25, -0.2) is 9.78 Å². The molecule has 0 aliphatic rings. The third-order valence-electron chi connectivity index (χ3n) is 1.97. The van der Waals surface area contributed by atoms with E-state index in [4.69, 9.17) is 0 Å². The van der Waals surface area contributed by atoms with Gasteiger partial charge in [0.05, 0.1) is 12.7 Å². The zero-order chi connectivity index (χ0) is 13.1. The maximum absolute atomic E-state index is 12.2. The lowest BCUT2D eigenvalue weighted by molar-refractivity contribution is -0.119. The lowest BCUT2D eigenvalue weighted by Crippen LogP contribution is -2.31. The first-order valence-corrected chi connectivity index (χ1v) is 4.66. The van der Waals surface area contributed by atoms with E-state index in [1.165, 1.54) is 32.5 Å². The number of halogens is 3. The molecule has 0 amide bonds. The van der Waals surface area contributed by atoms with Crippen LogP contribution in [0.2, 0.25) is 0 Å². The molecule has 1 rings (SSSR count). The van der Waals surface area contributed by atoms with Crippen molar-refractivity contribution in [3.63, 3.8) is 0 Å². The second kappa shape index (κ2) is 5.03. The number of hydrogen-bond acceptors (Lipinski definition) is 4. The van der Waals surface area contributed by atoms with E-state index in [1.807, 2.05) is 0 Å². The summed E-state index contributed by atoms with van der Waals surface area (Å²) in [7, 11) is 2.44. The zero-order valence-electron chi connectivity index (χ0n) is 9.28. The van der Waals surface area contributed by atoms with Crippen molar-refractivity contribution in [2.45, 2.75) is 6.18 Å². The van der Waals surface area contributed by atoms with E-state index in [2.05, 4.69) is 9.72 Å². The monoisotopic (exact) mass is 248 g/mol. The minimum Gasteiger partial charge on any atom is -0.465 e. The highest BCUT2D eigenvalue weighted by atomic mass is 19.4. The number of esters is 1. The predicted octanol–water partition coefficient (Wildman–Crippen LogP) is 1.87. The highest BCUT2D eigenvalue weighted by Gasteiger charge is 2.29. The van der Waals surface area contributed by atoms with Crippen LogP contribution in [-0.2, 0) is 4.74 Å². The molecule has 0 aliphatic carbocycles. The summed E-state index contributed by atoms with van der Waals surface area (Å²) in [5.74, 6) is -0.556. The number of aromatic nitrogens is 1. The molecular weight excluding hydrogens is 237 g/mol. The molecule has 4 nitrogen and oxygen atoms in total. The van der Waals surface area contributed by atoms with Crippen molar-refractivity contribution in [2.75, 3.05) is 25.6 Å². The molecule has 0 spiro atoms. The van der Waals surface area contributed by atoms with Crippen LogP contribution >= 0.6 is 0 Å². The van der Waals surface area contributed by atoms with Gasteiger partial charge in [-0.05, 0) is 12.1 Å². The van der Waals surface area contributed by atoms with Crippen molar-refractivity contribution in [3.05, 3.63) is 23.9 Å². The average molecular weight is 248 g/mol. The minimum atomic E-state index is -4.32. The first-order valence-electron chi connectivity index (χ1n) is 4.66. The molecular formula is C10H11F3N2O2. The molecule has 0 fully saturated rings. The molecule has 0 N–H and O–H groups in total. The number of ether oxygens (including phenoxy) is 1. The van der Waals surface area contributed by atoms with Crippen molar-refractivity contribution in [1.29, 1.82) is 0 Å². The number of hydrogen-bond donors (Lipinski definition) is 0. The predicted molar refractivity (Wildman–Crippen MR) is 54.9 cm³/mol. The second-order valence-electron chi connectivity index (χ2n) is 3.37. The maximum Gasteiger partial charge on any atom is 0.405 e. The van der Waals surface area contributed by atoms with Gasteiger partial charge in [-0.1, -0.05) is 0 Å². The summed E-state index contributed by atoms with van der Waals surface area (Å²) in [5.41, 5.74) is 0.159. The zero-order valence-corrected chi connectivity index (χ0v) is 9.28. The van der Waals surface area contributed by atoms with Crippen LogP contribution in [0.4, 0.5) is 19.0 Å². The molecule has 1 aromatic rings. The Morgan fingerprint density at radius 2 is 2.18 bits per heavy atom. The van der Waals surface area contributed by atoms with Crippen LogP contribution in [0.1, 0.15) is 10.4 Å². The molecule has 0 atom stereocenters. The molecule has 0 unspecified atom stereocenters. The van der Waals surface area contributed by atoms with Crippen LogP contribution in [0, 0.1) is 0 Å². The molecule has 0 radical (unpaired) electrons. The molecule has 1 aromatic heterocycles. The molecule has 0 bridgehead atoms. The second-order valence-corrected chi connectivity index (χ2v) is 3.37. The Morgan fingerprint density at radius 1 is 1.53 bits per heavy atom. The van der Waals surface area contributed by atoms with Crippen LogP contribution in [0.5, 0.6) is 0 Å². The topological polar surface area (TPSA) is 42.4 Å². The molecule has 94 valence electrons. The van der Waals surface area contributed by atoms with Gasteiger partial charge < -0.3 is 9.64 Å². The van der Waals surface area contributed by atoms with Crippen molar-refractivity contribution >= 4 is 11.8 Å². The number of anilines is 1. The standard InChI is InChI=1S/C10H11F3N2O2/c1-15(6-10(11,12)13)8-5-7(3-4-14-8)9(16)17-2/h3-5H,6H2,1-2H3. The summed E-state index contributed by atoms with van der Waals surface area (Å²) in [4.78, 5) is 15.9. The molecule has 0 saturated carbocycles. The fraction of sp³-hybridized carbons (Fsp3) is 0.400. The fourth-order valence-electron chi connectivity index (χ4n) is 1.22. The van der Waals surface area contributed by atoms with E-state index in [-0.39, 0.29) is 11.4 Å². The quantitative estimate of drug-likeness (QED) is 0.766. The largest absolute Gasteiger partial charge is 0.465 e. The molecule has 0 aliphatic heterocycles. The van der Waals surface area contributed by atoms with Crippen LogP contribution < -0.4 is 4.90 Å². The summed E-state index contributed by atoms with van der Waals surface area (Å²) < 4.78 is 40.9. The average Bonchev–Trinajstić information content (AvgIpc) is 2.26. The van der Waals surface area contributed by atoms with Gasteiger partial charge in [0.15, 0.2) is 0 Å². The van der Waals surface area contributed by atoms with Crippen molar-refractivity contribution in [3.8, 4) is 0 Å². The number of nitrogens with zero attached hydrogens (tertiary/aromatic N) is 2. The van der Waals surface area contributed by atoms with E-state index >= 15 is 0 Å². The van der Waals surface area contributed by atoms with Gasteiger partial charge in [0, 0.05) is 13.2 Å². The molecule has 17 heavy (non-hydrogen) atoms. The van der Waals surface area contributed by atoms with Gasteiger partial charge in [-0.15, -0.1) is 0 Å². The van der Waals surface area contributed by atoms with Crippen LogP contribution in [0.25, 0.3) is 0 Å². The molecule has 0 saturated heterocycles. The Labute approximate surface area is 96.0 Å². The lowest BCUT2D eigenvalue weighted by Gasteiger charge is -2.19. The number of alkyl halides is 3. The van der Waals surface area contributed by atoms with Crippen LogP contribution in [-0.4, -0.2) is 37.8 Å². The smallest absolute Gasteiger partial charge is 0.405 e. The third-order valence-corrected chi connectivity index (χ3v) is 1.97. The van der Waals surface area contributed by atoms with Gasteiger partial charge in [0.2, 0.25) is 0 Å². The fourth-order valence-corrected chi connectivity index (χ4v) is 1.22. The van der Waals surface area contributed by atoms with Gasteiger partial charge in [-0.3, -0.25) is 0 Å². The van der Waals surface area contributed by atoms with Gasteiger partial charge >= 0.3 is 12.1 Å². The van der Waals surface area contributed by atoms with Crippen LogP contribution in [0.3, 0.4) is 0 Å². The highest BCUT2D eigenvalue weighted by molar-refractivity contribution is 5.90. The lowest BCUT2D eigenvalue weighted by atomic mass is 10.2. The summed E-state index contributed by atoms with van der Waals surface area (Å²) in [6, 6.07) is 2.62. The molecule has 0 aromatic carbocycles. The maximum atomic E-state index is 12.2. The van der Waals surface area contributed by atoms with E-state index < -0.39 is 18.7 Å². The number of carbonyl (C=O) groups excluding carboxylic acids is 1. The Balaban J connectivity index is 2.88. The first-order chi connectivity index (χ1) is 7.83.